The van der Waals surface area contributed by atoms with E-state index in [9.17, 15) is 29.4 Å². The van der Waals surface area contributed by atoms with E-state index in [1.807, 2.05) is 0 Å². The SMILES string of the molecule is Cc1ccc2c(N)c(C(=O)NC(C(=O)N[C@@H]3C(=O)N4[C@@H]3SC(C)(C)[C@@H]4C(=O)O)c3ccc(O)cc3)cnc2n1. The first kappa shape index (κ1) is 26.2. The number of fused-ring (bicyclic) bond motifs is 2. The van der Waals surface area contributed by atoms with E-state index in [4.69, 9.17) is 5.73 Å². The van der Waals surface area contributed by atoms with Crippen molar-refractivity contribution in [3.63, 3.8) is 0 Å². The normalized spacial score (nSPS) is 22.1. The highest BCUT2D eigenvalue weighted by Crippen LogP contribution is 2.50. The smallest absolute Gasteiger partial charge is 0.327 e. The molecule has 12 nitrogen and oxygen atoms in total. The van der Waals surface area contributed by atoms with Gasteiger partial charge in [-0.15, -0.1) is 11.8 Å². The van der Waals surface area contributed by atoms with E-state index in [-0.39, 0.29) is 17.0 Å². The number of carbonyl (C=O) groups excluding carboxylic acids is 3. The van der Waals surface area contributed by atoms with Crippen LogP contribution < -0.4 is 16.4 Å². The highest BCUT2D eigenvalue weighted by molar-refractivity contribution is 8.01. The van der Waals surface area contributed by atoms with Gasteiger partial charge in [-0.25, -0.2) is 14.8 Å². The van der Waals surface area contributed by atoms with E-state index in [2.05, 4.69) is 20.6 Å². The molecule has 0 bridgehead atoms. The number of thioether (sulfide) groups is 1. The van der Waals surface area contributed by atoms with Gasteiger partial charge in [0.2, 0.25) is 11.8 Å². The van der Waals surface area contributed by atoms with Crippen LogP contribution in [0.2, 0.25) is 0 Å². The number of aromatic nitrogens is 2. The zero-order chi connectivity index (χ0) is 28.2. The molecule has 5 rings (SSSR count). The molecule has 3 amide bonds. The fourth-order valence-corrected chi connectivity index (χ4v) is 6.56. The fourth-order valence-electron chi connectivity index (χ4n) is 4.93. The van der Waals surface area contributed by atoms with Crippen LogP contribution in [0, 0.1) is 6.92 Å². The van der Waals surface area contributed by atoms with E-state index in [0.29, 0.717) is 16.6 Å². The Morgan fingerprint density at radius 1 is 1.15 bits per heavy atom. The van der Waals surface area contributed by atoms with Crippen LogP contribution >= 0.6 is 11.8 Å². The van der Waals surface area contributed by atoms with Crippen LogP contribution in [0.25, 0.3) is 11.0 Å². The number of nitrogens with zero attached hydrogens (tertiary/aromatic N) is 3. The molecular weight excluding hydrogens is 524 g/mol. The Hall–Kier alpha value is -4.39. The van der Waals surface area contributed by atoms with Gasteiger partial charge in [-0.3, -0.25) is 14.4 Å². The van der Waals surface area contributed by atoms with Crippen molar-refractivity contribution in [3.05, 3.63) is 59.4 Å². The molecule has 1 aromatic carbocycles. The number of carboxylic acids is 1. The number of carboxylic acid groups (broad SMARTS) is 1. The van der Waals surface area contributed by atoms with Gasteiger partial charge < -0.3 is 31.5 Å². The molecular formula is C26H26N6O6S. The Labute approximate surface area is 227 Å². The van der Waals surface area contributed by atoms with Crippen molar-refractivity contribution in [2.24, 2.45) is 0 Å². The Kier molecular flexibility index (Phi) is 6.33. The summed E-state index contributed by atoms with van der Waals surface area (Å²) in [6.45, 7) is 5.27. The minimum absolute atomic E-state index is 0.0352. The second-order valence-corrected chi connectivity index (χ2v) is 11.8. The molecule has 6 N–H and O–H groups in total. The molecule has 2 fully saturated rings. The number of amides is 3. The summed E-state index contributed by atoms with van der Waals surface area (Å²) in [5.74, 6) is -3.03. The molecule has 4 heterocycles. The number of β-lactam (4-membered cyclic amide) rings is 1. The number of nitrogens with two attached hydrogens (primary N) is 1. The number of hydrogen-bond acceptors (Lipinski definition) is 9. The number of aromatic hydroxyl groups is 1. The number of phenolic OH excluding ortho intramolecular Hbond substituents is 1. The summed E-state index contributed by atoms with van der Waals surface area (Å²) in [5, 5.41) is 24.6. The third kappa shape index (κ3) is 4.48. The standard InChI is InChI=1S/C26H26N6O6S/c1-11-4-9-14-16(27)15(10-28-20(14)29-11)21(34)30-17(12-5-7-13(33)8-6-12)22(35)31-18-23(36)32-19(25(37)38)26(2,3)39-24(18)32/h4-10,17-19,24,33H,1-3H3,(H,30,34)(H,31,35)(H,37,38)(H2,27,28,29)/t17?,18-,19+,24-/m1/s1. The molecule has 39 heavy (non-hydrogen) atoms. The van der Waals surface area contributed by atoms with Crippen molar-refractivity contribution >= 4 is 52.2 Å². The molecule has 4 atom stereocenters. The molecule has 0 spiro atoms. The lowest BCUT2D eigenvalue weighted by atomic mass is 9.95. The van der Waals surface area contributed by atoms with E-state index in [1.165, 1.54) is 47.1 Å². The summed E-state index contributed by atoms with van der Waals surface area (Å²) in [7, 11) is 0. The molecule has 0 aliphatic carbocycles. The lowest BCUT2D eigenvalue weighted by Gasteiger charge is -2.44. The van der Waals surface area contributed by atoms with Crippen LogP contribution in [0.4, 0.5) is 5.69 Å². The number of benzene rings is 1. The van der Waals surface area contributed by atoms with Crippen LogP contribution in [0.1, 0.15) is 41.5 Å². The summed E-state index contributed by atoms with van der Waals surface area (Å²) in [6, 6.07) is 5.86. The minimum atomic E-state index is -1.26. The molecule has 2 saturated heterocycles. The maximum absolute atomic E-state index is 13.5. The fraction of sp³-hybridized carbons (Fsp3) is 0.308. The number of rotatable bonds is 6. The molecule has 2 aromatic heterocycles. The zero-order valence-electron chi connectivity index (χ0n) is 21.2. The van der Waals surface area contributed by atoms with Gasteiger partial charge in [0, 0.05) is 22.0 Å². The summed E-state index contributed by atoms with van der Waals surface area (Å²) < 4.78 is -0.760. The maximum atomic E-state index is 13.5. The van der Waals surface area contributed by atoms with E-state index in [0.717, 1.165) is 5.69 Å². The van der Waals surface area contributed by atoms with Crippen LogP contribution in [-0.4, -0.2) is 71.0 Å². The number of aryl methyl sites for hydroxylation is 1. The Morgan fingerprint density at radius 2 is 1.85 bits per heavy atom. The predicted octanol–water partition coefficient (Wildman–Crippen LogP) is 1.33. The number of phenols is 1. The van der Waals surface area contributed by atoms with Gasteiger partial charge in [-0.05, 0) is 50.6 Å². The van der Waals surface area contributed by atoms with Crippen molar-refractivity contribution in [2.45, 2.75) is 49.0 Å². The first-order valence-electron chi connectivity index (χ1n) is 12.0. The van der Waals surface area contributed by atoms with E-state index >= 15 is 0 Å². The van der Waals surface area contributed by atoms with Crippen LogP contribution in [0.5, 0.6) is 5.75 Å². The van der Waals surface area contributed by atoms with Crippen LogP contribution in [0.3, 0.4) is 0 Å². The number of carbonyl (C=O) groups is 4. The summed E-state index contributed by atoms with van der Waals surface area (Å²) in [5.41, 5.74) is 7.89. The molecule has 0 saturated carbocycles. The van der Waals surface area contributed by atoms with E-state index in [1.54, 1.807) is 32.9 Å². The Balaban J connectivity index is 1.41. The summed E-state index contributed by atoms with van der Waals surface area (Å²) in [6.07, 6.45) is 1.28. The number of nitrogens with one attached hydrogen (secondary N) is 2. The minimum Gasteiger partial charge on any atom is -0.508 e. The zero-order valence-corrected chi connectivity index (χ0v) is 22.0. The van der Waals surface area contributed by atoms with Gasteiger partial charge in [-0.1, -0.05) is 12.1 Å². The van der Waals surface area contributed by atoms with Crippen LogP contribution in [0.15, 0.2) is 42.6 Å². The second-order valence-electron chi connectivity index (χ2n) is 9.99. The molecule has 0 radical (unpaired) electrons. The molecule has 2 aliphatic heterocycles. The second kappa shape index (κ2) is 9.42. The number of nitrogen functional groups attached to an aromatic ring is 1. The van der Waals surface area contributed by atoms with Gasteiger partial charge in [0.15, 0.2) is 5.65 Å². The summed E-state index contributed by atoms with van der Waals surface area (Å²) in [4.78, 5) is 61.3. The van der Waals surface area contributed by atoms with Crippen molar-refractivity contribution in [1.29, 1.82) is 0 Å². The molecule has 1 unspecified atom stereocenters. The van der Waals surface area contributed by atoms with Crippen molar-refractivity contribution < 1.29 is 29.4 Å². The maximum Gasteiger partial charge on any atom is 0.327 e. The number of pyridine rings is 2. The van der Waals surface area contributed by atoms with Gasteiger partial charge in [0.1, 0.15) is 29.2 Å². The molecule has 202 valence electrons. The van der Waals surface area contributed by atoms with Crippen LogP contribution in [-0.2, 0) is 14.4 Å². The Morgan fingerprint density at radius 3 is 2.51 bits per heavy atom. The number of anilines is 1. The molecule has 3 aromatic rings. The topological polar surface area (TPSA) is 188 Å². The third-order valence-electron chi connectivity index (χ3n) is 6.89. The highest BCUT2D eigenvalue weighted by Gasteiger charge is 2.64. The van der Waals surface area contributed by atoms with Gasteiger partial charge in [0.25, 0.3) is 5.91 Å². The van der Waals surface area contributed by atoms with Gasteiger partial charge in [0.05, 0.1) is 11.3 Å². The molecule has 13 heteroatoms. The average Bonchev–Trinajstić information content (AvgIpc) is 3.14. The van der Waals surface area contributed by atoms with Gasteiger partial charge >= 0.3 is 5.97 Å². The first-order valence-corrected chi connectivity index (χ1v) is 12.9. The number of aliphatic carboxylic acids is 1. The van der Waals surface area contributed by atoms with Crippen molar-refractivity contribution in [1.82, 2.24) is 25.5 Å². The highest BCUT2D eigenvalue weighted by atomic mass is 32.2. The lowest BCUT2D eigenvalue weighted by molar-refractivity contribution is -0.161. The number of hydrogen-bond donors (Lipinski definition) is 5. The van der Waals surface area contributed by atoms with E-state index < -0.39 is 51.9 Å². The largest absolute Gasteiger partial charge is 0.508 e. The monoisotopic (exact) mass is 550 g/mol. The van der Waals surface area contributed by atoms with Crippen molar-refractivity contribution in [3.8, 4) is 5.75 Å². The quantitative estimate of drug-likeness (QED) is 0.280. The Bertz CT molecular complexity index is 1530. The first-order chi connectivity index (χ1) is 18.4. The third-order valence-corrected chi connectivity index (χ3v) is 8.46. The average molecular weight is 551 g/mol. The molecule has 2 aliphatic rings. The predicted molar refractivity (Wildman–Crippen MR) is 143 cm³/mol. The lowest BCUT2D eigenvalue weighted by Crippen LogP contribution is -2.71. The van der Waals surface area contributed by atoms with Crippen molar-refractivity contribution in [2.75, 3.05) is 5.73 Å². The summed E-state index contributed by atoms with van der Waals surface area (Å²) >= 11 is 1.29. The van der Waals surface area contributed by atoms with Gasteiger partial charge in [-0.2, -0.15) is 0 Å².